The maximum absolute atomic E-state index is 12.9. The quantitative estimate of drug-likeness (QED) is 0.586. The average molecular weight is 416 g/mol. The molecule has 0 spiro atoms. The van der Waals surface area contributed by atoms with Crippen LogP contribution in [0.1, 0.15) is 54.9 Å². The Bertz CT molecular complexity index is 1040. The van der Waals surface area contributed by atoms with Crippen molar-refractivity contribution in [3.8, 4) is 11.3 Å². The van der Waals surface area contributed by atoms with Crippen molar-refractivity contribution in [3.63, 3.8) is 0 Å². The number of nitrogens with zero attached hydrogens (tertiary/aromatic N) is 2. The monoisotopic (exact) mass is 415 g/mol. The molecule has 1 fully saturated rings. The van der Waals surface area contributed by atoms with Gasteiger partial charge in [0.1, 0.15) is 12.2 Å². The first kappa shape index (κ1) is 21.0. The molecule has 0 aliphatic heterocycles. The molecular weight excluding hydrogens is 386 g/mol. The molecule has 1 aliphatic carbocycles. The highest BCUT2D eigenvalue weighted by Gasteiger charge is 2.36. The predicted octanol–water partition coefficient (Wildman–Crippen LogP) is 4.84. The van der Waals surface area contributed by atoms with Crippen molar-refractivity contribution in [2.24, 2.45) is 5.41 Å². The number of benzene rings is 2. The lowest BCUT2D eigenvalue weighted by atomic mass is 9.68. The minimum absolute atomic E-state index is 0.0785. The van der Waals surface area contributed by atoms with Gasteiger partial charge in [-0.3, -0.25) is 14.3 Å². The van der Waals surface area contributed by atoms with E-state index in [1.165, 1.54) is 5.56 Å². The molecule has 2 aromatic carbocycles. The maximum Gasteiger partial charge on any atom is 0.241 e. The fourth-order valence-electron chi connectivity index (χ4n) is 4.63. The molecule has 160 valence electrons. The lowest BCUT2D eigenvalue weighted by molar-refractivity contribution is -0.123. The zero-order valence-electron chi connectivity index (χ0n) is 18.1. The van der Waals surface area contributed by atoms with Gasteiger partial charge in [0.25, 0.3) is 0 Å². The van der Waals surface area contributed by atoms with Gasteiger partial charge in [-0.15, -0.1) is 0 Å². The number of hydrogen-bond donors (Lipinski definition) is 1. The fraction of sp³-hybridized carbons (Fsp3) is 0.346. The van der Waals surface area contributed by atoms with Gasteiger partial charge in [0, 0.05) is 23.7 Å². The molecular formula is C26H29N3O2. The molecule has 5 heteroatoms. The van der Waals surface area contributed by atoms with E-state index in [-0.39, 0.29) is 29.8 Å². The van der Waals surface area contributed by atoms with Crippen LogP contribution in [0.3, 0.4) is 0 Å². The number of aldehydes is 1. The van der Waals surface area contributed by atoms with Crippen LogP contribution in [0.2, 0.25) is 0 Å². The summed E-state index contributed by atoms with van der Waals surface area (Å²) in [6, 6.07) is 20.1. The van der Waals surface area contributed by atoms with Crippen molar-refractivity contribution in [2.45, 2.75) is 51.6 Å². The Morgan fingerprint density at radius 2 is 1.81 bits per heavy atom. The van der Waals surface area contributed by atoms with Crippen molar-refractivity contribution in [1.82, 2.24) is 15.1 Å². The molecule has 0 radical (unpaired) electrons. The molecule has 1 aliphatic rings. The second-order valence-corrected chi connectivity index (χ2v) is 9.21. The maximum atomic E-state index is 12.9. The number of nitrogens with one attached hydrogen (secondary N) is 1. The fourth-order valence-corrected chi connectivity index (χ4v) is 4.63. The summed E-state index contributed by atoms with van der Waals surface area (Å²) in [6.45, 7) is 4.70. The van der Waals surface area contributed by atoms with Gasteiger partial charge < -0.3 is 5.32 Å². The zero-order valence-corrected chi connectivity index (χ0v) is 18.1. The minimum atomic E-state index is -0.0785. The van der Waals surface area contributed by atoms with Crippen LogP contribution in [0, 0.1) is 5.41 Å². The Kier molecular flexibility index (Phi) is 6.03. The first-order valence-electron chi connectivity index (χ1n) is 10.9. The Labute approximate surface area is 183 Å². The molecule has 3 aromatic rings. The van der Waals surface area contributed by atoms with Crippen LogP contribution in [-0.4, -0.2) is 28.0 Å². The van der Waals surface area contributed by atoms with Crippen LogP contribution < -0.4 is 5.32 Å². The van der Waals surface area contributed by atoms with E-state index in [2.05, 4.69) is 48.5 Å². The first-order chi connectivity index (χ1) is 14.9. The highest BCUT2D eigenvalue weighted by atomic mass is 16.2. The van der Waals surface area contributed by atoms with E-state index in [0.29, 0.717) is 11.3 Å². The third-order valence-electron chi connectivity index (χ3n) is 6.23. The van der Waals surface area contributed by atoms with Crippen LogP contribution in [0.15, 0.2) is 66.9 Å². The van der Waals surface area contributed by atoms with E-state index in [4.69, 9.17) is 0 Å². The minimum Gasteiger partial charge on any atom is -0.351 e. The second kappa shape index (κ2) is 8.88. The van der Waals surface area contributed by atoms with Crippen molar-refractivity contribution in [2.75, 3.05) is 0 Å². The third kappa shape index (κ3) is 4.93. The highest BCUT2D eigenvalue weighted by Crippen LogP contribution is 2.43. The molecule has 1 heterocycles. The van der Waals surface area contributed by atoms with E-state index in [9.17, 15) is 9.59 Å². The topological polar surface area (TPSA) is 64.0 Å². The van der Waals surface area contributed by atoms with Crippen LogP contribution in [-0.2, 0) is 11.3 Å². The Morgan fingerprint density at radius 3 is 2.48 bits per heavy atom. The molecule has 4 rings (SSSR count). The van der Waals surface area contributed by atoms with Crippen molar-refractivity contribution < 1.29 is 9.59 Å². The number of carbonyl (C=O) groups excluding carboxylic acids is 2. The highest BCUT2D eigenvalue weighted by molar-refractivity contribution is 5.85. The zero-order chi connectivity index (χ0) is 21.8. The lowest BCUT2D eigenvalue weighted by Gasteiger charge is -2.41. The summed E-state index contributed by atoms with van der Waals surface area (Å²) in [6.07, 6.45) is 5.51. The smallest absolute Gasteiger partial charge is 0.241 e. The van der Waals surface area contributed by atoms with E-state index >= 15 is 0 Å². The molecule has 1 saturated carbocycles. The Hall–Kier alpha value is -3.21. The largest absolute Gasteiger partial charge is 0.351 e. The number of rotatable bonds is 6. The van der Waals surface area contributed by atoms with E-state index in [0.717, 1.165) is 31.1 Å². The first-order valence-corrected chi connectivity index (χ1v) is 10.9. The van der Waals surface area contributed by atoms with Crippen LogP contribution >= 0.6 is 0 Å². The van der Waals surface area contributed by atoms with Crippen LogP contribution in [0.25, 0.3) is 11.3 Å². The summed E-state index contributed by atoms with van der Waals surface area (Å²) < 4.78 is 1.56. The summed E-state index contributed by atoms with van der Waals surface area (Å²) in [4.78, 5) is 24.4. The van der Waals surface area contributed by atoms with Gasteiger partial charge in [-0.05, 0) is 30.2 Å². The summed E-state index contributed by atoms with van der Waals surface area (Å²) in [5, 5.41) is 7.76. The van der Waals surface area contributed by atoms with Gasteiger partial charge in [-0.2, -0.15) is 5.10 Å². The number of hydrogen-bond acceptors (Lipinski definition) is 3. The summed E-state index contributed by atoms with van der Waals surface area (Å²) in [5.41, 5.74) is 3.48. The molecule has 2 unspecified atom stereocenters. The van der Waals surface area contributed by atoms with Crippen LogP contribution in [0.5, 0.6) is 0 Å². The predicted molar refractivity (Wildman–Crippen MR) is 122 cm³/mol. The van der Waals surface area contributed by atoms with Crippen molar-refractivity contribution in [1.29, 1.82) is 0 Å². The van der Waals surface area contributed by atoms with Gasteiger partial charge in [-0.1, -0.05) is 74.5 Å². The Morgan fingerprint density at radius 1 is 1.13 bits per heavy atom. The molecule has 5 nitrogen and oxygen atoms in total. The number of carbonyl (C=O) groups is 2. The van der Waals surface area contributed by atoms with Crippen molar-refractivity contribution in [3.05, 3.63) is 78.0 Å². The normalized spacial score (nSPS) is 20.2. The molecule has 0 bridgehead atoms. The summed E-state index contributed by atoms with van der Waals surface area (Å²) >= 11 is 0. The molecule has 1 amide bonds. The number of aromatic nitrogens is 2. The third-order valence-corrected chi connectivity index (χ3v) is 6.23. The van der Waals surface area contributed by atoms with Gasteiger partial charge in [0.05, 0.1) is 5.56 Å². The Balaban J connectivity index is 1.49. The van der Waals surface area contributed by atoms with Gasteiger partial charge in [-0.25, -0.2) is 0 Å². The SMILES string of the molecule is CC1(C)CCC(NC(=O)Cn2cc(C=O)c(-c3ccccc3)n2)C(c2ccccc2)C1. The van der Waals surface area contributed by atoms with Gasteiger partial charge in [0.15, 0.2) is 6.29 Å². The standard InChI is InChI=1S/C26H29N3O2/c1-26(2)14-13-23(22(15-26)19-9-5-3-6-10-19)27-24(31)17-29-16-21(18-30)25(28-29)20-11-7-4-8-12-20/h3-12,16,18,22-23H,13-15,17H2,1-2H3,(H,27,31). The van der Waals surface area contributed by atoms with E-state index in [1.54, 1.807) is 10.9 Å². The molecule has 1 N–H and O–H groups in total. The van der Waals surface area contributed by atoms with Crippen LogP contribution in [0.4, 0.5) is 0 Å². The second-order valence-electron chi connectivity index (χ2n) is 9.21. The molecule has 2 atom stereocenters. The van der Waals surface area contributed by atoms with E-state index in [1.807, 2.05) is 36.4 Å². The summed E-state index contributed by atoms with van der Waals surface area (Å²) in [7, 11) is 0. The molecule has 0 saturated heterocycles. The van der Waals surface area contributed by atoms with Gasteiger partial charge in [0.2, 0.25) is 5.91 Å². The molecule has 31 heavy (non-hydrogen) atoms. The van der Waals surface area contributed by atoms with Crippen molar-refractivity contribution >= 4 is 12.2 Å². The summed E-state index contributed by atoms with van der Waals surface area (Å²) in [5.74, 6) is 0.210. The van der Waals surface area contributed by atoms with Gasteiger partial charge >= 0.3 is 0 Å². The lowest BCUT2D eigenvalue weighted by Crippen LogP contribution is -2.45. The average Bonchev–Trinajstić information content (AvgIpc) is 3.19. The number of amides is 1. The molecule has 1 aromatic heterocycles. The van der Waals surface area contributed by atoms with E-state index < -0.39 is 0 Å².